The van der Waals surface area contributed by atoms with Crippen LogP contribution in [0, 0.1) is 0 Å². The highest BCUT2D eigenvalue weighted by Crippen LogP contribution is 2.37. The van der Waals surface area contributed by atoms with Crippen molar-refractivity contribution >= 4 is 29.2 Å². The summed E-state index contributed by atoms with van der Waals surface area (Å²) in [6.07, 6.45) is 2.88. The van der Waals surface area contributed by atoms with Gasteiger partial charge in [0.2, 0.25) is 0 Å². The van der Waals surface area contributed by atoms with Crippen LogP contribution in [-0.2, 0) is 4.79 Å². The van der Waals surface area contributed by atoms with E-state index in [0.717, 1.165) is 0 Å². The molecule has 0 spiro atoms. The van der Waals surface area contributed by atoms with E-state index >= 15 is 0 Å². The highest BCUT2D eigenvalue weighted by atomic mass is 35.5. The number of carboxylic acids is 1. The van der Waals surface area contributed by atoms with Gasteiger partial charge in [-0.3, -0.25) is 14.6 Å². The number of carbonyl (C=O) groups is 2. The predicted molar refractivity (Wildman–Crippen MR) is 77.7 cm³/mol. The van der Waals surface area contributed by atoms with Crippen molar-refractivity contribution in [3.05, 3.63) is 58.9 Å². The molecular formula is C15H11ClN2O3. The number of benzene rings is 1. The number of anilines is 1. The number of fused-ring (bicyclic) bond motifs is 1. The zero-order valence-electron chi connectivity index (χ0n) is 10.9. The van der Waals surface area contributed by atoms with Crippen LogP contribution >= 0.6 is 11.6 Å². The molecule has 1 amide bonds. The number of carbonyl (C=O) groups excluding carboxylic acids is 1. The van der Waals surface area contributed by atoms with Crippen LogP contribution in [-0.4, -0.2) is 28.5 Å². The fourth-order valence-electron chi connectivity index (χ4n) is 2.50. The summed E-state index contributed by atoms with van der Waals surface area (Å²) in [6.45, 7) is 0.103. The van der Waals surface area contributed by atoms with E-state index in [1.807, 2.05) is 0 Å². The minimum absolute atomic E-state index is 0.103. The second-order valence-corrected chi connectivity index (χ2v) is 5.13. The minimum Gasteiger partial charge on any atom is -0.481 e. The predicted octanol–water partition coefficient (Wildman–Crippen LogP) is 2.56. The Morgan fingerprint density at radius 3 is 2.76 bits per heavy atom. The van der Waals surface area contributed by atoms with Gasteiger partial charge in [0.15, 0.2) is 0 Å². The molecule has 1 atom stereocenters. The number of rotatable bonds is 2. The lowest BCUT2D eigenvalue weighted by Crippen LogP contribution is -2.31. The summed E-state index contributed by atoms with van der Waals surface area (Å²) in [5.41, 5.74) is 1.57. The van der Waals surface area contributed by atoms with E-state index in [1.165, 1.54) is 23.4 Å². The third-order valence-corrected chi connectivity index (χ3v) is 3.82. The molecule has 21 heavy (non-hydrogen) atoms. The van der Waals surface area contributed by atoms with Crippen molar-refractivity contribution in [3.8, 4) is 0 Å². The van der Waals surface area contributed by atoms with Crippen molar-refractivity contribution in [1.29, 1.82) is 0 Å². The summed E-state index contributed by atoms with van der Waals surface area (Å²) in [6, 6.07) is 8.54. The molecule has 0 fully saturated rings. The lowest BCUT2D eigenvalue weighted by Gasteiger charge is -2.18. The Bertz CT molecular complexity index is 732. The van der Waals surface area contributed by atoms with Gasteiger partial charge in [0, 0.05) is 24.6 Å². The number of hydrogen-bond acceptors (Lipinski definition) is 3. The van der Waals surface area contributed by atoms with Crippen LogP contribution in [0.2, 0.25) is 5.02 Å². The van der Waals surface area contributed by atoms with E-state index in [9.17, 15) is 14.7 Å². The molecule has 3 rings (SSSR count). The minimum atomic E-state index is -0.946. The fraction of sp³-hybridized carbons (Fsp3) is 0.133. The van der Waals surface area contributed by atoms with Gasteiger partial charge in [0.05, 0.1) is 10.6 Å². The molecule has 1 aliphatic rings. The first kappa shape index (κ1) is 13.6. The van der Waals surface area contributed by atoms with Crippen molar-refractivity contribution in [2.24, 2.45) is 0 Å². The number of amides is 1. The molecule has 0 saturated heterocycles. The molecule has 1 aromatic carbocycles. The van der Waals surface area contributed by atoms with Crippen LogP contribution in [0.1, 0.15) is 21.8 Å². The van der Waals surface area contributed by atoms with Gasteiger partial charge in [0.1, 0.15) is 5.92 Å². The molecule has 1 aromatic heterocycles. The molecule has 1 N–H and O–H groups in total. The van der Waals surface area contributed by atoms with Gasteiger partial charge in [-0.1, -0.05) is 29.8 Å². The molecule has 1 aliphatic heterocycles. The van der Waals surface area contributed by atoms with Crippen LogP contribution in [0.3, 0.4) is 0 Å². The van der Waals surface area contributed by atoms with E-state index in [1.54, 1.807) is 24.3 Å². The van der Waals surface area contributed by atoms with Crippen LogP contribution in [0.25, 0.3) is 0 Å². The fourth-order valence-corrected chi connectivity index (χ4v) is 2.70. The largest absolute Gasteiger partial charge is 0.481 e. The molecular weight excluding hydrogens is 292 g/mol. The van der Waals surface area contributed by atoms with Crippen molar-refractivity contribution in [2.45, 2.75) is 5.92 Å². The average molecular weight is 303 g/mol. The topological polar surface area (TPSA) is 70.5 Å². The highest BCUT2D eigenvalue weighted by Gasteiger charge is 2.37. The maximum Gasteiger partial charge on any atom is 0.312 e. The number of pyridine rings is 1. The van der Waals surface area contributed by atoms with Gasteiger partial charge in [-0.25, -0.2) is 0 Å². The number of carboxylic acid groups (broad SMARTS) is 1. The molecule has 0 saturated carbocycles. The Morgan fingerprint density at radius 1 is 1.29 bits per heavy atom. The van der Waals surface area contributed by atoms with E-state index < -0.39 is 11.9 Å². The number of para-hydroxylation sites is 1. The molecule has 1 unspecified atom stereocenters. The van der Waals surface area contributed by atoms with Crippen molar-refractivity contribution < 1.29 is 14.7 Å². The summed E-state index contributed by atoms with van der Waals surface area (Å²) in [5, 5.41) is 9.56. The standard InChI is InChI=1S/C15H11ClN2O3/c16-12-7-17-6-5-10(12)14(19)18-8-11(15(20)21)9-3-1-2-4-13(9)18/h1-7,11H,8H2,(H,20,21). The molecule has 2 aromatic rings. The van der Waals surface area contributed by atoms with Crippen LogP contribution in [0.15, 0.2) is 42.7 Å². The van der Waals surface area contributed by atoms with E-state index in [4.69, 9.17) is 11.6 Å². The zero-order chi connectivity index (χ0) is 15.0. The van der Waals surface area contributed by atoms with Gasteiger partial charge in [-0.05, 0) is 17.7 Å². The SMILES string of the molecule is O=C(O)C1CN(C(=O)c2ccncc2Cl)c2ccccc21. The van der Waals surface area contributed by atoms with Crippen molar-refractivity contribution in [3.63, 3.8) is 0 Å². The number of hydrogen-bond donors (Lipinski definition) is 1. The number of nitrogens with zero attached hydrogens (tertiary/aromatic N) is 2. The Balaban J connectivity index is 2.03. The molecule has 0 radical (unpaired) electrons. The lowest BCUT2D eigenvalue weighted by molar-refractivity contribution is -0.138. The first-order valence-electron chi connectivity index (χ1n) is 6.32. The summed E-state index contributed by atoms with van der Waals surface area (Å²) < 4.78 is 0. The molecule has 106 valence electrons. The summed E-state index contributed by atoms with van der Waals surface area (Å²) >= 11 is 6.00. The maximum atomic E-state index is 12.6. The molecule has 2 heterocycles. The molecule has 0 bridgehead atoms. The summed E-state index contributed by atoms with van der Waals surface area (Å²) in [4.78, 5) is 29.3. The van der Waals surface area contributed by atoms with Gasteiger partial charge < -0.3 is 10.0 Å². The van der Waals surface area contributed by atoms with Gasteiger partial charge >= 0.3 is 5.97 Å². The third-order valence-electron chi connectivity index (χ3n) is 3.51. The molecule has 6 heteroatoms. The van der Waals surface area contributed by atoms with Crippen LogP contribution in [0.4, 0.5) is 5.69 Å². The Labute approximate surface area is 125 Å². The second kappa shape index (κ2) is 5.18. The molecule has 5 nitrogen and oxygen atoms in total. The number of aliphatic carboxylic acids is 1. The van der Waals surface area contributed by atoms with Gasteiger partial charge in [-0.2, -0.15) is 0 Å². The van der Waals surface area contributed by atoms with Crippen LogP contribution < -0.4 is 4.90 Å². The summed E-state index contributed by atoms with van der Waals surface area (Å²) in [7, 11) is 0. The van der Waals surface area contributed by atoms with Crippen molar-refractivity contribution in [1.82, 2.24) is 4.98 Å². The summed E-state index contributed by atoms with van der Waals surface area (Å²) in [5.74, 6) is -1.98. The van der Waals surface area contributed by atoms with Crippen molar-refractivity contribution in [2.75, 3.05) is 11.4 Å². The number of halogens is 1. The average Bonchev–Trinajstić information content (AvgIpc) is 2.87. The quantitative estimate of drug-likeness (QED) is 0.925. The highest BCUT2D eigenvalue weighted by molar-refractivity contribution is 6.34. The third kappa shape index (κ3) is 2.25. The second-order valence-electron chi connectivity index (χ2n) is 4.72. The zero-order valence-corrected chi connectivity index (χ0v) is 11.6. The Morgan fingerprint density at radius 2 is 2.05 bits per heavy atom. The lowest BCUT2D eigenvalue weighted by atomic mass is 10.0. The molecule has 0 aliphatic carbocycles. The van der Waals surface area contributed by atoms with Gasteiger partial charge in [0.25, 0.3) is 5.91 Å². The first-order chi connectivity index (χ1) is 10.1. The number of aromatic nitrogens is 1. The van der Waals surface area contributed by atoms with E-state index in [2.05, 4.69) is 4.98 Å². The smallest absolute Gasteiger partial charge is 0.312 e. The maximum absolute atomic E-state index is 12.6. The van der Waals surface area contributed by atoms with E-state index in [0.29, 0.717) is 16.8 Å². The Kier molecular flexibility index (Phi) is 3.35. The van der Waals surface area contributed by atoms with E-state index in [-0.39, 0.29) is 17.5 Å². The first-order valence-corrected chi connectivity index (χ1v) is 6.70. The monoisotopic (exact) mass is 302 g/mol. The normalized spacial score (nSPS) is 16.6. The van der Waals surface area contributed by atoms with Gasteiger partial charge in [-0.15, -0.1) is 0 Å². The van der Waals surface area contributed by atoms with Crippen LogP contribution in [0.5, 0.6) is 0 Å². The Hall–Kier alpha value is -2.40.